The molecule has 1 spiro atoms. The van der Waals surface area contributed by atoms with Gasteiger partial charge in [-0.1, -0.05) is 6.07 Å². The molecule has 1 aliphatic carbocycles. The third-order valence-corrected chi connectivity index (χ3v) is 8.52. The van der Waals surface area contributed by atoms with Gasteiger partial charge in [0.05, 0.1) is 17.7 Å². The minimum atomic E-state index is -1.72. The number of likely N-dealkylation sites (tertiary alicyclic amines) is 1. The maximum absolute atomic E-state index is 9.19. The fraction of sp³-hybridized carbons (Fsp3) is 0.519. The number of nitrogens with two attached hydrogens (primary N) is 1. The van der Waals surface area contributed by atoms with Gasteiger partial charge in [0.15, 0.2) is 8.32 Å². The number of piperidine rings is 1. The Bertz CT molecular complexity index is 1080. The van der Waals surface area contributed by atoms with Crippen molar-refractivity contribution >= 4 is 14.0 Å². The van der Waals surface area contributed by atoms with Crippen molar-refractivity contribution in [3.63, 3.8) is 0 Å². The molecule has 0 unspecified atom stereocenters. The number of nitrogen functional groups attached to an aromatic ring is 1. The fourth-order valence-corrected chi connectivity index (χ4v) is 6.95. The second kappa shape index (κ2) is 8.46. The Labute approximate surface area is 198 Å². The normalized spacial score (nSPS) is 24.4. The molecule has 0 radical (unpaired) electrons. The molecule has 2 heterocycles. The first kappa shape index (κ1) is 22.5. The Morgan fingerprint density at radius 3 is 2.64 bits per heavy atom. The van der Waals surface area contributed by atoms with Crippen molar-refractivity contribution in [2.45, 2.75) is 75.9 Å². The van der Waals surface area contributed by atoms with Gasteiger partial charge in [-0.25, -0.2) is 0 Å². The molecule has 2 N–H and O–H groups in total. The lowest BCUT2D eigenvalue weighted by atomic mass is 9.80. The first-order valence-electron chi connectivity index (χ1n) is 12.3. The minimum absolute atomic E-state index is 0.0614. The van der Waals surface area contributed by atoms with E-state index >= 15 is 0 Å². The molecule has 0 saturated carbocycles. The molecule has 3 aliphatic rings. The molecular weight excluding hydrogens is 426 g/mol. The van der Waals surface area contributed by atoms with E-state index in [1.54, 1.807) is 0 Å². The molecule has 5 rings (SSSR count). The van der Waals surface area contributed by atoms with Crippen molar-refractivity contribution in [1.82, 2.24) is 4.90 Å². The van der Waals surface area contributed by atoms with Gasteiger partial charge in [0.2, 0.25) is 0 Å². The van der Waals surface area contributed by atoms with E-state index in [2.05, 4.69) is 42.7 Å². The highest BCUT2D eigenvalue weighted by molar-refractivity contribution is 6.69. The van der Waals surface area contributed by atoms with Crippen molar-refractivity contribution < 1.29 is 9.16 Å². The second-order valence-corrected chi connectivity index (χ2v) is 15.5. The molecule has 5 nitrogen and oxygen atoms in total. The highest BCUT2D eigenvalue weighted by Crippen LogP contribution is 2.47. The van der Waals surface area contributed by atoms with Crippen LogP contribution in [0.3, 0.4) is 0 Å². The van der Waals surface area contributed by atoms with Crippen molar-refractivity contribution in [1.29, 1.82) is 5.26 Å². The first-order chi connectivity index (χ1) is 15.7. The Kier molecular flexibility index (Phi) is 5.76. The third-order valence-electron chi connectivity index (χ3n) is 7.52. The molecule has 0 amide bonds. The van der Waals surface area contributed by atoms with E-state index in [0.717, 1.165) is 67.8 Å². The Hall–Kier alpha value is -2.33. The van der Waals surface area contributed by atoms with Gasteiger partial charge in [0.25, 0.3) is 0 Å². The summed E-state index contributed by atoms with van der Waals surface area (Å²) in [5.41, 5.74) is 11.4. The summed E-state index contributed by atoms with van der Waals surface area (Å²) in [5.74, 6) is 0.951. The molecule has 1 fully saturated rings. The molecule has 2 atom stereocenters. The molecule has 1 saturated heterocycles. The largest absolute Gasteiger partial charge is 0.487 e. The van der Waals surface area contributed by atoms with E-state index in [1.165, 1.54) is 17.5 Å². The SMILES string of the molecule is C[Si](C)(C)O[C@@H]1CC2(CCN([C@@H]3CCc4cc(C#N)ccc4C3)CC2)Oc2ccc(N)cc21. The van der Waals surface area contributed by atoms with Crippen LogP contribution in [-0.2, 0) is 17.3 Å². The first-order valence-corrected chi connectivity index (χ1v) is 15.7. The van der Waals surface area contributed by atoms with Crippen molar-refractivity contribution in [3.05, 3.63) is 58.7 Å². The minimum Gasteiger partial charge on any atom is -0.487 e. The maximum atomic E-state index is 9.19. The number of benzene rings is 2. The van der Waals surface area contributed by atoms with Crippen LogP contribution in [-0.4, -0.2) is 37.9 Å². The van der Waals surface area contributed by atoms with Crippen LogP contribution in [0, 0.1) is 11.3 Å². The Balaban J connectivity index is 1.29. The predicted molar refractivity (Wildman–Crippen MR) is 134 cm³/mol. The smallest absolute Gasteiger partial charge is 0.184 e. The molecule has 2 aliphatic heterocycles. The summed E-state index contributed by atoms with van der Waals surface area (Å²) in [6.45, 7) is 8.87. The summed E-state index contributed by atoms with van der Waals surface area (Å²) in [5, 5.41) is 9.19. The number of anilines is 1. The number of hydrogen-bond donors (Lipinski definition) is 1. The van der Waals surface area contributed by atoms with Crippen LogP contribution in [0.25, 0.3) is 0 Å². The van der Waals surface area contributed by atoms with Crippen LogP contribution in [0.5, 0.6) is 5.75 Å². The van der Waals surface area contributed by atoms with E-state index in [4.69, 9.17) is 14.9 Å². The molecule has 174 valence electrons. The van der Waals surface area contributed by atoms with Gasteiger partial charge in [-0.15, -0.1) is 0 Å². The summed E-state index contributed by atoms with van der Waals surface area (Å²) in [7, 11) is -1.72. The number of rotatable bonds is 3. The number of aryl methyl sites for hydroxylation is 1. The lowest BCUT2D eigenvalue weighted by molar-refractivity contribution is -0.0570. The lowest BCUT2D eigenvalue weighted by Crippen LogP contribution is -2.54. The van der Waals surface area contributed by atoms with E-state index < -0.39 is 8.32 Å². The van der Waals surface area contributed by atoms with Gasteiger partial charge < -0.3 is 14.9 Å². The van der Waals surface area contributed by atoms with Gasteiger partial charge >= 0.3 is 0 Å². The highest BCUT2D eigenvalue weighted by Gasteiger charge is 2.45. The summed E-state index contributed by atoms with van der Waals surface area (Å²) in [6.07, 6.45) is 6.34. The van der Waals surface area contributed by atoms with Crippen molar-refractivity contribution in [2.75, 3.05) is 18.8 Å². The Morgan fingerprint density at radius 1 is 1.12 bits per heavy atom. The number of fused-ring (bicyclic) bond motifs is 2. The summed E-state index contributed by atoms with van der Waals surface area (Å²) in [6, 6.07) is 15.1. The maximum Gasteiger partial charge on any atom is 0.184 e. The number of hydrogen-bond acceptors (Lipinski definition) is 5. The monoisotopic (exact) mass is 461 g/mol. The molecular formula is C27H35N3O2Si. The van der Waals surface area contributed by atoms with Gasteiger partial charge in [0.1, 0.15) is 11.4 Å². The van der Waals surface area contributed by atoms with E-state index in [0.29, 0.717) is 6.04 Å². The van der Waals surface area contributed by atoms with Gasteiger partial charge in [0, 0.05) is 36.8 Å². The number of ether oxygens (including phenoxy) is 1. The quantitative estimate of drug-likeness (QED) is 0.502. The lowest BCUT2D eigenvalue weighted by Gasteiger charge is -2.49. The molecule has 0 aromatic heterocycles. The van der Waals surface area contributed by atoms with Crippen LogP contribution in [0.4, 0.5) is 5.69 Å². The van der Waals surface area contributed by atoms with Gasteiger partial charge in [-0.05, 0) is 93.2 Å². The topological polar surface area (TPSA) is 71.5 Å². The standard InChI is InChI=1S/C27H35N3O2Si/c1-33(2,3)32-26-17-27(31-25-9-7-22(29)16-24(25)26)10-12-30(13-11-27)23-8-6-20-14-19(18-28)4-5-21(20)15-23/h4-5,7,9,14,16,23,26H,6,8,10-13,15,17,29H2,1-3H3/t23-,26-/m1/s1. The molecule has 6 heteroatoms. The van der Waals surface area contributed by atoms with Crippen molar-refractivity contribution in [3.8, 4) is 11.8 Å². The molecule has 0 bridgehead atoms. The van der Waals surface area contributed by atoms with Crippen LogP contribution in [0.1, 0.15) is 54.0 Å². The van der Waals surface area contributed by atoms with Crippen LogP contribution in [0.15, 0.2) is 36.4 Å². The van der Waals surface area contributed by atoms with Crippen molar-refractivity contribution in [2.24, 2.45) is 0 Å². The van der Waals surface area contributed by atoms with Crippen LogP contribution < -0.4 is 10.5 Å². The average Bonchev–Trinajstić information content (AvgIpc) is 2.78. The summed E-state index contributed by atoms with van der Waals surface area (Å²) >= 11 is 0. The number of nitrogens with zero attached hydrogens (tertiary/aromatic N) is 2. The zero-order valence-electron chi connectivity index (χ0n) is 20.1. The van der Waals surface area contributed by atoms with E-state index in [1.807, 2.05) is 24.3 Å². The zero-order chi connectivity index (χ0) is 23.2. The molecule has 33 heavy (non-hydrogen) atoms. The number of nitriles is 1. The van der Waals surface area contributed by atoms with Crippen LogP contribution in [0.2, 0.25) is 19.6 Å². The fourth-order valence-electron chi connectivity index (χ4n) is 5.89. The van der Waals surface area contributed by atoms with E-state index in [-0.39, 0.29) is 11.7 Å². The molecule has 2 aromatic rings. The van der Waals surface area contributed by atoms with Gasteiger partial charge in [-0.3, -0.25) is 4.90 Å². The highest BCUT2D eigenvalue weighted by atomic mass is 28.4. The van der Waals surface area contributed by atoms with Gasteiger partial charge in [-0.2, -0.15) is 5.26 Å². The van der Waals surface area contributed by atoms with E-state index in [9.17, 15) is 5.26 Å². The summed E-state index contributed by atoms with van der Waals surface area (Å²) in [4.78, 5) is 2.67. The zero-order valence-corrected chi connectivity index (χ0v) is 21.1. The Morgan fingerprint density at radius 2 is 1.91 bits per heavy atom. The predicted octanol–water partition coefficient (Wildman–Crippen LogP) is 5.21. The van der Waals surface area contributed by atoms with Crippen LogP contribution >= 0.6 is 0 Å². The average molecular weight is 462 g/mol. The third kappa shape index (κ3) is 4.68. The molecule has 2 aromatic carbocycles. The summed E-state index contributed by atoms with van der Waals surface area (Å²) < 4.78 is 13.4. The second-order valence-electron chi connectivity index (χ2n) is 11.0.